The van der Waals surface area contributed by atoms with Gasteiger partial charge in [-0.2, -0.15) is 0 Å². The first-order valence-electron chi connectivity index (χ1n) is 5.25. The van der Waals surface area contributed by atoms with E-state index in [1.165, 1.54) is 6.21 Å². The average Bonchev–Trinajstić information content (AvgIpc) is 2.35. The lowest BCUT2D eigenvalue weighted by atomic mass is 10.3. The van der Waals surface area contributed by atoms with Crippen molar-refractivity contribution in [3.8, 4) is 0 Å². The molecule has 0 fully saturated rings. The van der Waals surface area contributed by atoms with Crippen LogP contribution in [-0.2, 0) is 0 Å². The van der Waals surface area contributed by atoms with E-state index < -0.39 is 4.92 Å². The van der Waals surface area contributed by atoms with Crippen LogP contribution >= 0.6 is 11.6 Å². The molecule has 0 aliphatic heterocycles. The first-order chi connectivity index (χ1) is 8.52. The predicted molar refractivity (Wildman–Crippen MR) is 70.2 cm³/mol. The Morgan fingerprint density at radius 2 is 2.39 bits per heavy atom. The highest BCUT2D eigenvalue weighted by molar-refractivity contribution is 6.29. The van der Waals surface area contributed by atoms with Crippen molar-refractivity contribution < 1.29 is 4.92 Å². The molecule has 18 heavy (non-hydrogen) atoms. The summed E-state index contributed by atoms with van der Waals surface area (Å²) in [6.07, 6.45) is 3.91. The van der Waals surface area contributed by atoms with Gasteiger partial charge in [-0.15, -0.1) is 0 Å². The third-order valence-corrected chi connectivity index (χ3v) is 2.41. The number of pyridine rings is 1. The first kappa shape index (κ1) is 14.1. The second-order valence-corrected chi connectivity index (χ2v) is 3.85. The Labute approximate surface area is 110 Å². The summed E-state index contributed by atoms with van der Waals surface area (Å²) in [5, 5.41) is 10.9. The fourth-order valence-electron chi connectivity index (χ4n) is 1.09. The van der Waals surface area contributed by atoms with Gasteiger partial charge in [-0.3, -0.25) is 10.1 Å². The molecule has 0 N–H and O–H groups in total. The van der Waals surface area contributed by atoms with Crippen molar-refractivity contribution in [2.75, 3.05) is 13.6 Å². The maximum atomic E-state index is 10.5. The molecule has 7 heteroatoms. The summed E-state index contributed by atoms with van der Waals surface area (Å²) >= 11 is 5.65. The summed E-state index contributed by atoms with van der Waals surface area (Å²) in [6, 6.07) is 3.36. The number of halogens is 1. The third kappa shape index (κ3) is 4.50. The Morgan fingerprint density at radius 3 is 2.89 bits per heavy atom. The standard InChI is InChI=1S/C11H13ClN4O2/c1-3-15(2)11(8-16(17)18)14-7-9-4-5-10(12)13-6-9/h4-8H,3H2,1-2H3/b11-8+,14-7+. The molecule has 1 aromatic heterocycles. The molecular formula is C11H13ClN4O2. The van der Waals surface area contributed by atoms with E-state index in [-0.39, 0.29) is 5.82 Å². The number of nitrogens with zero attached hydrogens (tertiary/aromatic N) is 4. The molecule has 0 atom stereocenters. The lowest BCUT2D eigenvalue weighted by Crippen LogP contribution is -2.16. The first-order valence-corrected chi connectivity index (χ1v) is 5.62. The van der Waals surface area contributed by atoms with Crippen LogP contribution in [0.5, 0.6) is 0 Å². The molecule has 0 radical (unpaired) electrons. The maximum Gasteiger partial charge on any atom is 0.276 e. The molecule has 0 bridgehead atoms. The average molecular weight is 269 g/mol. The van der Waals surface area contributed by atoms with Gasteiger partial charge in [-0.05, 0) is 19.1 Å². The van der Waals surface area contributed by atoms with Crippen LogP contribution in [0.1, 0.15) is 12.5 Å². The van der Waals surface area contributed by atoms with Crippen molar-refractivity contribution in [3.63, 3.8) is 0 Å². The highest BCUT2D eigenvalue weighted by atomic mass is 35.5. The van der Waals surface area contributed by atoms with Gasteiger partial charge in [0.15, 0.2) is 5.82 Å². The highest BCUT2D eigenvalue weighted by Gasteiger charge is 2.05. The van der Waals surface area contributed by atoms with Crippen LogP contribution in [0.15, 0.2) is 35.3 Å². The van der Waals surface area contributed by atoms with Crippen molar-refractivity contribution in [1.82, 2.24) is 9.88 Å². The van der Waals surface area contributed by atoms with Crippen molar-refractivity contribution in [1.29, 1.82) is 0 Å². The minimum absolute atomic E-state index is 0.275. The van der Waals surface area contributed by atoms with Crippen molar-refractivity contribution in [2.45, 2.75) is 6.92 Å². The smallest absolute Gasteiger partial charge is 0.276 e. The van der Waals surface area contributed by atoms with E-state index in [1.54, 1.807) is 30.3 Å². The summed E-state index contributed by atoms with van der Waals surface area (Å²) in [5.74, 6) is 0.275. The topological polar surface area (TPSA) is 71.6 Å². The van der Waals surface area contributed by atoms with Crippen LogP contribution in [0.25, 0.3) is 0 Å². The summed E-state index contributed by atoms with van der Waals surface area (Å²) in [4.78, 5) is 19.6. The normalized spacial score (nSPS) is 11.8. The fraction of sp³-hybridized carbons (Fsp3) is 0.273. The molecule has 1 rings (SSSR count). The van der Waals surface area contributed by atoms with Gasteiger partial charge in [0, 0.05) is 31.6 Å². The predicted octanol–water partition coefficient (Wildman–Crippen LogP) is 2.18. The molecule has 1 heterocycles. The van der Waals surface area contributed by atoms with Gasteiger partial charge in [0.1, 0.15) is 5.15 Å². The highest BCUT2D eigenvalue weighted by Crippen LogP contribution is 2.06. The van der Waals surface area contributed by atoms with Gasteiger partial charge < -0.3 is 4.90 Å². The lowest BCUT2D eigenvalue weighted by Gasteiger charge is -2.13. The molecule has 0 aromatic carbocycles. The van der Waals surface area contributed by atoms with E-state index in [2.05, 4.69) is 9.98 Å². The molecular weight excluding hydrogens is 256 g/mol. The molecule has 6 nitrogen and oxygen atoms in total. The Bertz CT molecular complexity index is 470. The molecule has 0 unspecified atom stereocenters. The van der Waals surface area contributed by atoms with E-state index in [1.807, 2.05) is 6.92 Å². The van der Waals surface area contributed by atoms with Crippen LogP contribution in [0.3, 0.4) is 0 Å². The molecule has 96 valence electrons. The van der Waals surface area contributed by atoms with Crippen LogP contribution < -0.4 is 0 Å². The number of hydrogen-bond donors (Lipinski definition) is 0. The van der Waals surface area contributed by atoms with E-state index in [9.17, 15) is 10.1 Å². The SMILES string of the molecule is CCN(C)C(=C/[N+](=O)[O-])/N=C/c1ccc(Cl)nc1. The molecule has 0 amide bonds. The summed E-state index contributed by atoms with van der Waals surface area (Å²) in [7, 11) is 1.73. The third-order valence-electron chi connectivity index (χ3n) is 2.18. The van der Waals surface area contributed by atoms with E-state index in [0.717, 1.165) is 11.8 Å². The molecule has 0 spiro atoms. The zero-order valence-corrected chi connectivity index (χ0v) is 10.8. The quantitative estimate of drug-likeness (QED) is 0.355. The van der Waals surface area contributed by atoms with Gasteiger partial charge in [0.05, 0.1) is 4.92 Å². The van der Waals surface area contributed by atoms with Gasteiger partial charge in [-0.25, -0.2) is 9.98 Å². The summed E-state index contributed by atoms with van der Waals surface area (Å²) in [5.41, 5.74) is 0.721. The Morgan fingerprint density at radius 1 is 1.67 bits per heavy atom. The monoisotopic (exact) mass is 268 g/mol. The van der Waals surface area contributed by atoms with Crippen LogP contribution in [0.4, 0.5) is 0 Å². The largest absolute Gasteiger partial charge is 0.355 e. The van der Waals surface area contributed by atoms with Crippen LogP contribution in [0, 0.1) is 10.1 Å². The van der Waals surface area contributed by atoms with E-state index in [0.29, 0.717) is 11.7 Å². The van der Waals surface area contributed by atoms with Crippen LogP contribution in [0.2, 0.25) is 5.15 Å². The summed E-state index contributed by atoms with van der Waals surface area (Å²) in [6.45, 7) is 2.50. The number of rotatable bonds is 5. The maximum absolute atomic E-state index is 10.5. The Balaban J connectivity index is 2.89. The molecule has 0 aliphatic rings. The number of nitro groups is 1. The zero-order chi connectivity index (χ0) is 13.5. The van der Waals surface area contributed by atoms with Gasteiger partial charge in [-0.1, -0.05) is 11.6 Å². The second-order valence-electron chi connectivity index (χ2n) is 3.46. The van der Waals surface area contributed by atoms with Gasteiger partial charge in [0.25, 0.3) is 6.20 Å². The number of aromatic nitrogens is 1. The summed E-state index contributed by atoms with van der Waals surface area (Å²) < 4.78 is 0. The van der Waals surface area contributed by atoms with Crippen LogP contribution in [-0.4, -0.2) is 34.6 Å². The van der Waals surface area contributed by atoms with Gasteiger partial charge >= 0.3 is 0 Å². The van der Waals surface area contributed by atoms with Crippen molar-refractivity contribution in [3.05, 3.63) is 51.2 Å². The van der Waals surface area contributed by atoms with Crippen molar-refractivity contribution >= 4 is 17.8 Å². The molecule has 1 aromatic rings. The minimum Gasteiger partial charge on any atom is -0.355 e. The Kier molecular flexibility index (Phi) is 5.26. The number of hydrogen-bond acceptors (Lipinski definition) is 5. The fourth-order valence-corrected chi connectivity index (χ4v) is 1.20. The zero-order valence-electron chi connectivity index (χ0n) is 10.1. The van der Waals surface area contributed by atoms with Crippen molar-refractivity contribution in [2.24, 2.45) is 4.99 Å². The Hall–Kier alpha value is -1.95. The number of aliphatic imine (C=N–C) groups is 1. The van der Waals surface area contributed by atoms with Gasteiger partial charge in [0.2, 0.25) is 0 Å². The van der Waals surface area contributed by atoms with E-state index >= 15 is 0 Å². The molecule has 0 aliphatic carbocycles. The van der Waals surface area contributed by atoms with E-state index in [4.69, 9.17) is 11.6 Å². The minimum atomic E-state index is -0.529. The second kappa shape index (κ2) is 6.70. The lowest BCUT2D eigenvalue weighted by molar-refractivity contribution is -0.404. The molecule has 0 saturated heterocycles. The molecule has 0 saturated carbocycles.